The first-order valence-corrected chi connectivity index (χ1v) is 7.41. The molecule has 0 saturated heterocycles. The molecule has 0 radical (unpaired) electrons. The van der Waals surface area contributed by atoms with Gasteiger partial charge in [0.25, 0.3) is 0 Å². The van der Waals surface area contributed by atoms with Gasteiger partial charge < -0.3 is 4.74 Å². The van der Waals surface area contributed by atoms with Crippen molar-refractivity contribution in [2.45, 2.75) is 19.6 Å². The molecule has 0 aromatic carbocycles. The second-order valence-electron chi connectivity index (χ2n) is 5.32. The lowest BCUT2D eigenvalue weighted by Crippen LogP contribution is -2.20. The molecule has 1 atom stereocenters. The number of hydrogen-bond acceptors (Lipinski definition) is 7. The number of hydrogen-bond donors (Lipinski definition) is 0. The molecular formula is C15H14N8O. The van der Waals surface area contributed by atoms with Crippen LogP contribution in [0.1, 0.15) is 6.92 Å². The Morgan fingerprint density at radius 2 is 2.21 bits per heavy atom. The number of aromatic nitrogens is 8. The summed E-state index contributed by atoms with van der Waals surface area (Å²) in [5.74, 6) is 0.667. The average Bonchev–Trinajstić information content (AvgIpc) is 3.25. The second-order valence-corrected chi connectivity index (χ2v) is 5.32. The van der Waals surface area contributed by atoms with Crippen LogP contribution >= 0.6 is 0 Å². The van der Waals surface area contributed by atoms with Crippen molar-refractivity contribution in [2.24, 2.45) is 0 Å². The highest BCUT2D eigenvalue weighted by Crippen LogP contribution is 2.22. The van der Waals surface area contributed by atoms with Gasteiger partial charge in [-0.25, -0.2) is 14.2 Å². The molecule has 120 valence electrons. The van der Waals surface area contributed by atoms with Crippen molar-refractivity contribution in [3.8, 4) is 17.0 Å². The summed E-state index contributed by atoms with van der Waals surface area (Å²) < 4.78 is 9.24. The summed E-state index contributed by atoms with van der Waals surface area (Å²) in [5, 5.41) is 15.6. The van der Waals surface area contributed by atoms with Crippen molar-refractivity contribution in [3.63, 3.8) is 0 Å². The fraction of sp³-hybridized carbons (Fsp3) is 0.200. The molecule has 0 aliphatic heterocycles. The van der Waals surface area contributed by atoms with Gasteiger partial charge in [0.15, 0.2) is 5.65 Å². The predicted molar refractivity (Wildman–Crippen MR) is 84.1 cm³/mol. The summed E-state index contributed by atoms with van der Waals surface area (Å²) in [6.07, 6.45) is 8.40. The van der Waals surface area contributed by atoms with Gasteiger partial charge in [-0.15, -0.1) is 5.10 Å². The minimum absolute atomic E-state index is 0.102. The maximum atomic E-state index is 5.90. The summed E-state index contributed by atoms with van der Waals surface area (Å²) in [6, 6.07) is 5.73. The van der Waals surface area contributed by atoms with Crippen molar-refractivity contribution < 1.29 is 4.74 Å². The third kappa shape index (κ3) is 2.91. The number of imidazole rings is 1. The van der Waals surface area contributed by atoms with Gasteiger partial charge in [-0.3, -0.25) is 4.98 Å². The Balaban J connectivity index is 1.54. The topological polar surface area (TPSA) is 95.9 Å². The van der Waals surface area contributed by atoms with Crippen LogP contribution in [0.25, 0.3) is 16.9 Å². The van der Waals surface area contributed by atoms with Crippen LogP contribution < -0.4 is 4.74 Å². The van der Waals surface area contributed by atoms with Crippen LogP contribution in [0.3, 0.4) is 0 Å². The molecule has 24 heavy (non-hydrogen) atoms. The molecular weight excluding hydrogens is 308 g/mol. The molecule has 4 aromatic rings. The summed E-state index contributed by atoms with van der Waals surface area (Å²) in [4.78, 5) is 8.43. The normalized spacial score (nSPS) is 12.4. The number of nitrogens with zero attached hydrogens (tertiary/aromatic N) is 8. The fourth-order valence-electron chi connectivity index (χ4n) is 2.39. The van der Waals surface area contributed by atoms with Crippen LogP contribution in [-0.2, 0) is 6.54 Å². The van der Waals surface area contributed by atoms with Crippen molar-refractivity contribution in [1.29, 1.82) is 0 Å². The van der Waals surface area contributed by atoms with Crippen LogP contribution in [0, 0.1) is 0 Å². The minimum Gasteiger partial charge on any atom is -0.487 e. The van der Waals surface area contributed by atoms with E-state index in [9.17, 15) is 0 Å². The Hall–Kier alpha value is -3.36. The van der Waals surface area contributed by atoms with Crippen LogP contribution in [-0.4, -0.2) is 45.9 Å². The van der Waals surface area contributed by atoms with Gasteiger partial charge >= 0.3 is 0 Å². The Bertz CT molecular complexity index is 949. The van der Waals surface area contributed by atoms with E-state index in [-0.39, 0.29) is 6.10 Å². The van der Waals surface area contributed by atoms with E-state index in [1.807, 2.05) is 25.1 Å². The lowest BCUT2D eigenvalue weighted by atomic mass is 10.2. The zero-order chi connectivity index (χ0) is 16.4. The lowest BCUT2D eigenvalue weighted by molar-refractivity contribution is 0.192. The Kier molecular flexibility index (Phi) is 3.58. The molecule has 4 rings (SSSR count). The summed E-state index contributed by atoms with van der Waals surface area (Å²) in [5.41, 5.74) is 2.47. The SMILES string of the molecule is CC(Cn1cnnn1)Oc1cncc(-c2ccc3nccn3n2)c1. The van der Waals surface area contributed by atoms with Crippen molar-refractivity contribution in [1.82, 2.24) is 39.8 Å². The number of tetrazole rings is 1. The number of rotatable bonds is 5. The molecule has 0 bridgehead atoms. The molecule has 4 aromatic heterocycles. The number of ether oxygens (including phenoxy) is 1. The first-order valence-electron chi connectivity index (χ1n) is 7.41. The maximum Gasteiger partial charge on any atom is 0.153 e. The van der Waals surface area contributed by atoms with E-state index in [2.05, 4.69) is 30.6 Å². The molecule has 1 unspecified atom stereocenters. The smallest absolute Gasteiger partial charge is 0.153 e. The molecule has 0 aliphatic rings. The molecule has 0 N–H and O–H groups in total. The van der Waals surface area contributed by atoms with E-state index in [0.717, 1.165) is 16.9 Å². The molecule has 0 saturated carbocycles. The number of pyridine rings is 1. The summed E-state index contributed by atoms with van der Waals surface area (Å²) >= 11 is 0. The van der Waals surface area contributed by atoms with E-state index in [1.54, 1.807) is 40.3 Å². The van der Waals surface area contributed by atoms with Gasteiger partial charge in [-0.05, 0) is 35.5 Å². The Morgan fingerprint density at radius 3 is 3.08 bits per heavy atom. The van der Waals surface area contributed by atoms with Crippen molar-refractivity contribution in [2.75, 3.05) is 0 Å². The first-order chi connectivity index (χ1) is 11.8. The van der Waals surface area contributed by atoms with E-state index in [0.29, 0.717) is 12.3 Å². The third-order valence-electron chi connectivity index (χ3n) is 3.44. The van der Waals surface area contributed by atoms with Crippen LogP contribution in [0.15, 0.2) is 49.3 Å². The number of fused-ring (bicyclic) bond motifs is 1. The monoisotopic (exact) mass is 322 g/mol. The van der Waals surface area contributed by atoms with E-state index in [1.165, 1.54) is 0 Å². The van der Waals surface area contributed by atoms with Crippen LogP contribution in [0.2, 0.25) is 0 Å². The molecule has 4 heterocycles. The van der Waals surface area contributed by atoms with E-state index >= 15 is 0 Å². The van der Waals surface area contributed by atoms with E-state index in [4.69, 9.17) is 4.74 Å². The van der Waals surface area contributed by atoms with Crippen molar-refractivity contribution in [3.05, 3.63) is 49.3 Å². The molecule has 0 spiro atoms. The highest BCUT2D eigenvalue weighted by Gasteiger charge is 2.09. The Morgan fingerprint density at radius 1 is 1.25 bits per heavy atom. The van der Waals surface area contributed by atoms with Crippen molar-refractivity contribution >= 4 is 5.65 Å². The first kappa shape index (κ1) is 14.2. The molecule has 9 nitrogen and oxygen atoms in total. The quantitative estimate of drug-likeness (QED) is 0.545. The molecule has 0 fully saturated rings. The maximum absolute atomic E-state index is 5.90. The predicted octanol–water partition coefficient (Wildman–Crippen LogP) is 1.25. The molecule has 9 heteroatoms. The standard InChI is InChI=1S/C15H14N8O/c1-11(9-22-10-18-20-21-22)24-13-6-12(7-16-8-13)14-2-3-15-17-4-5-23(15)19-14/h2-8,10-11H,9H2,1H3. The Labute approximate surface area is 136 Å². The largest absolute Gasteiger partial charge is 0.487 e. The van der Waals surface area contributed by atoms with Gasteiger partial charge in [-0.2, -0.15) is 5.10 Å². The van der Waals surface area contributed by atoms with Gasteiger partial charge in [-0.1, -0.05) is 0 Å². The average molecular weight is 322 g/mol. The van der Waals surface area contributed by atoms with Gasteiger partial charge in [0.1, 0.15) is 18.2 Å². The molecule has 0 amide bonds. The van der Waals surface area contributed by atoms with Crippen LogP contribution in [0.5, 0.6) is 5.75 Å². The van der Waals surface area contributed by atoms with E-state index < -0.39 is 0 Å². The minimum atomic E-state index is -0.102. The molecule has 0 aliphatic carbocycles. The highest BCUT2D eigenvalue weighted by atomic mass is 16.5. The fourth-order valence-corrected chi connectivity index (χ4v) is 2.39. The van der Waals surface area contributed by atoms with Gasteiger partial charge in [0.05, 0.1) is 18.4 Å². The van der Waals surface area contributed by atoms with Crippen LogP contribution in [0.4, 0.5) is 0 Å². The van der Waals surface area contributed by atoms with Gasteiger partial charge in [0, 0.05) is 24.2 Å². The van der Waals surface area contributed by atoms with Gasteiger partial charge in [0.2, 0.25) is 0 Å². The summed E-state index contributed by atoms with van der Waals surface area (Å²) in [6.45, 7) is 2.50. The highest BCUT2D eigenvalue weighted by molar-refractivity contribution is 5.60. The second kappa shape index (κ2) is 6.03. The zero-order valence-electron chi connectivity index (χ0n) is 12.9. The third-order valence-corrected chi connectivity index (χ3v) is 3.44. The summed E-state index contributed by atoms with van der Waals surface area (Å²) in [7, 11) is 0. The zero-order valence-corrected chi connectivity index (χ0v) is 12.9. The lowest BCUT2D eigenvalue weighted by Gasteiger charge is -2.14.